The van der Waals surface area contributed by atoms with E-state index in [4.69, 9.17) is 9.84 Å². The molecule has 2 aromatic rings. The second-order valence-electron chi connectivity index (χ2n) is 4.18. The first kappa shape index (κ1) is 13.3. The molecule has 0 aliphatic carbocycles. The lowest BCUT2D eigenvalue weighted by Crippen LogP contribution is -2.04. The Bertz CT molecular complexity index is 517. The van der Waals surface area contributed by atoms with Crippen LogP contribution in [0.4, 0.5) is 0 Å². The van der Waals surface area contributed by atoms with Crippen molar-refractivity contribution in [2.75, 3.05) is 13.2 Å². The molecular weight excluding hydrogens is 240 g/mol. The topological polar surface area (TPSA) is 46.5 Å². The molecule has 0 atom stereocenters. The average Bonchev–Trinajstić information content (AvgIpc) is 2.47. The zero-order valence-electron chi connectivity index (χ0n) is 10.6. The fourth-order valence-electron chi connectivity index (χ4n) is 1.78. The molecule has 0 bridgehead atoms. The molecule has 0 aliphatic heterocycles. The zero-order chi connectivity index (χ0) is 13.5. The highest BCUT2D eigenvalue weighted by atomic mass is 16.5. The van der Waals surface area contributed by atoms with Crippen LogP contribution in [-0.4, -0.2) is 24.1 Å². The normalized spacial score (nSPS) is 10.2. The standard InChI is InChI=1S/C16H16O3/c17-10-11-19-15-8-6-13(7-9-15)12-16(18)14-4-2-1-3-5-14/h1-9,17H,10-12H2. The molecule has 0 heterocycles. The molecule has 0 saturated heterocycles. The second kappa shape index (κ2) is 6.71. The zero-order valence-corrected chi connectivity index (χ0v) is 10.6. The van der Waals surface area contributed by atoms with E-state index in [1.165, 1.54) is 0 Å². The van der Waals surface area contributed by atoms with E-state index >= 15 is 0 Å². The Balaban J connectivity index is 1.98. The lowest BCUT2D eigenvalue weighted by Gasteiger charge is -2.05. The molecule has 3 heteroatoms. The van der Waals surface area contributed by atoms with Gasteiger partial charge in [0.2, 0.25) is 0 Å². The average molecular weight is 256 g/mol. The Morgan fingerprint density at radius 3 is 2.32 bits per heavy atom. The quantitative estimate of drug-likeness (QED) is 0.808. The first-order valence-corrected chi connectivity index (χ1v) is 6.20. The molecular formula is C16H16O3. The number of ether oxygens (including phenoxy) is 1. The summed E-state index contributed by atoms with van der Waals surface area (Å²) in [5.74, 6) is 0.801. The van der Waals surface area contributed by atoms with Crippen LogP contribution < -0.4 is 4.74 Å². The predicted octanol–water partition coefficient (Wildman–Crippen LogP) is 2.48. The van der Waals surface area contributed by atoms with Gasteiger partial charge in [-0.05, 0) is 17.7 Å². The highest BCUT2D eigenvalue weighted by molar-refractivity contribution is 5.97. The van der Waals surface area contributed by atoms with E-state index < -0.39 is 0 Å². The molecule has 98 valence electrons. The molecule has 3 nitrogen and oxygen atoms in total. The van der Waals surface area contributed by atoms with Crippen molar-refractivity contribution < 1.29 is 14.6 Å². The van der Waals surface area contributed by atoms with Crippen LogP contribution in [0.3, 0.4) is 0 Å². The van der Waals surface area contributed by atoms with Crippen LogP contribution in [0, 0.1) is 0 Å². The fraction of sp³-hybridized carbons (Fsp3) is 0.188. The van der Waals surface area contributed by atoms with Crippen molar-refractivity contribution in [1.82, 2.24) is 0 Å². The van der Waals surface area contributed by atoms with Crippen LogP contribution in [0.1, 0.15) is 15.9 Å². The third kappa shape index (κ3) is 3.93. The van der Waals surface area contributed by atoms with Crippen molar-refractivity contribution in [1.29, 1.82) is 0 Å². The lowest BCUT2D eigenvalue weighted by molar-refractivity contribution is 0.0993. The minimum absolute atomic E-state index is 0.00571. The number of Topliss-reactive ketones (excluding diaryl/α,β-unsaturated/α-hetero) is 1. The molecule has 19 heavy (non-hydrogen) atoms. The molecule has 0 amide bonds. The van der Waals surface area contributed by atoms with Gasteiger partial charge in [0.25, 0.3) is 0 Å². The number of aliphatic hydroxyl groups excluding tert-OH is 1. The summed E-state index contributed by atoms with van der Waals surface area (Å²) >= 11 is 0. The molecule has 0 spiro atoms. The third-order valence-electron chi connectivity index (χ3n) is 2.74. The van der Waals surface area contributed by atoms with Crippen molar-refractivity contribution in [3.8, 4) is 5.75 Å². The van der Waals surface area contributed by atoms with Gasteiger partial charge in [-0.25, -0.2) is 0 Å². The molecule has 0 aromatic heterocycles. The van der Waals surface area contributed by atoms with E-state index in [0.29, 0.717) is 12.2 Å². The summed E-state index contributed by atoms with van der Waals surface area (Å²) in [6.45, 7) is 0.274. The van der Waals surface area contributed by atoms with E-state index in [0.717, 1.165) is 11.1 Å². The Labute approximate surface area is 112 Å². The number of hydrogen-bond acceptors (Lipinski definition) is 3. The van der Waals surface area contributed by atoms with Crippen molar-refractivity contribution in [2.45, 2.75) is 6.42 Å². The van der Waals surface area contributed by atoms with Gasteiger partial charge in [0.05, 0.1) is 6.61 Å². The van der Waals surface area contributed by atoms with Crippen molar-refractivity contribution in [3.05, 3.63) is 65.7 Å². The van der Waals surface area contributed by atoms with Gasteiger partial charge in [0.1, 0.15) is 12.4 Å². The summed E-state index contributed by atoms with van der Waals surface area (Å²) in [6.07, 6.45) is 0.379. The summed E-state index contributed by atoms with van der Waals surface area (Å²) in [7, 11) is 0. The SMILES string of the molecule is O=C(Cc1ccc(OCCO)cc1)c1ccccc1. The largest absolute Gasteiger partial charge is 0.491 e. The Kier molecular flexibility index (Phi) is 4.70. The number of carbonyl (C=O) groups is 1. The molecule has 0 aliphatic rings. The van der Waals surface area contributed by atoms with E-state index in [9.17, 15) is 4.79 Å². The number of benzene rings is 2. The van der Waals surface area contributed by atoms with Crippen LogP contribution in [0.2, 0.25) is 0 Å². The molecule has 0 fully saturated rings. The monoisotopic (exact) mass is 256 g/mol. The van der Waals surface area contributed by atoms with Crippen LogP contribution in [0.5, 0.6) is 5.75 Å². The van der Waals surface area contributed by atoms with Gasteiger partial charge >= 0.3 is 0 Å². The van der Waals surface area contributed by atoms with E-state index in [1.807, 2.05) is 54.6 Å². The molecule has 1 N–H and O–H groups in total. The molecule has 0 radical (unpaired) electrons. The first-order valence-electron chi connectivity index (χ1n) is 6.20. The maximum Gasteiger partial charge on any atom is 0.167 e. The number of carbonyl (C=O) groups excluding carboxylic acids is 1. The van der Waals surface area contributed by atoms with Gasteiger partial charge in [0.15, 0.2) is 5.78 Å². The summed E-state index contributed by atoms with van der Waals surface area (Å²) in [4.78, 5) is 12.0. The van der Waals surface area contributed by atoms with Crippen LogP contribution in [-0.2, 0) is 6.42 Å². The minimum Gasteiger partial charge on any atom is -0.491 e. The Morgan fingerprint density at radius 2 is 1.68 bits per heavy atom. The maximum absolute atomic E-state index is 12.0. The van der Waals surface area contributed by atoms with Crippen molar-refractivity contribution in [2.24, 2.45) is 0 Å². The van der Waals surface area contributed by atoms with Gasteiger partial charge in [-0.3, -0.25) is 4.79 Å². The van der Waals surface area contributed by atoms with Gasteiger partial charge in [-0.1, -0.05) is 42.5 Å². The van der Waals surface area contributed by atoms with Crippen LogP contribution in [0.15, 0.2) is 54.6 Å². The van der Waals surface area contributed by atoms with Gasteiger partial charge in [-0.15, -0.1) is 0 Å². The first-order chi connectivity index (χ1) is 9.29. The highest BCUT2D eigenvalue weighted by Crippen LogP contribution is 2.14. The fourth-order valence-corrected chi connectivity index (χ4v) is 1.78. The van der Waals surface area contributed by atoms with Crippen LogP contribution in [0.25, 0.3) is 0 Å². The smallest absolute Gasteiger partial charge is 0.167 e. The number of ketones is 1. The van der Waals surface area contributed by atoms with Gasteiger partial charge in [-0.2, -0.15) is 0 Å². The summed E-state index contributed by atoms with van der Waals surface area (Å²) in [5, 5.41) is 8.66. The number of rotatable bonds is 6. The predicted molar refractivity (Wildman–Crippen MR) is 73.5 cm³/mol. The Hall–Kier alpha value is -2.13. The van der Waals surface area contributed by atoms with Crippen LogP contribution >= 0.6 is 0 Å². The molecule has 0 saturated carbocycles. The number of hydrogen-bond donors (Lipinski definition) is 1. The van der Waals surface area contributed by atoms with E-state index in [-0.39, 0.29) is 19.0 Å². The molecule has 2 rings (SSSR count). The summed E-state index contributed by atoms with van der Waals surface area (Å²) in [5.41, 5.74) is 1.67. The summed E-state index contributed by atoms with van der Waals surface area (Å²) < 4.78 is 5.26. The Morgan fingerprint density at radius 1 is 1.00 bits per heavy atom. The lowest BCUT2D eigenvalue weighted by atomic mass is 10.0. The molecule has 0 unspecified atom stereocenters. The minimum atomic E-state index is -0.00571. The van der Waals surface area contributed by atoms with Crippen molar-refractivity contribution in [3.63, 3.8) is 0 Å². The van der Waals surface area contributed by atoms with Gasteiger partial charge < -0.3 is 9.84 Å². The van der Waals surface area contributed by atoms with E-state index in [1.54, 1.807) is 0 Å². The van der Waals surface area contributed by atoms with Crippen molar-refractivity contribution >= 4 is 5.78 Å². The summed E-state index contributed by atoms with van der Waals surface area (Å²) in [6, 6.07) is 16.6. The van der Waals surface area contributed by atoms with Gasteiger partial charge in [0, 0.05) is 12.0 Å². The third-order valence-corrected chi connectivity index (χ3v) is 2.74. The molecule has 2 aromatic carbocycles. The maximum atomic E-state index is 12.0. The second-order valence-corrected chi connectivity index (χ2v) is 4.18. The van der Waals surface area contributed by atoms with E-state index in [2.05, 4.69) is 0 Å². The number of aliphatic hydroxyl groups is 1. The highest BCUT2D eigenvalue weighted by Gasteiger charge is 2.06.